The van der Waals surface area contributed by atoms with Gasteiger partial charge in [-0.1, -0.05) is 36.4 Å². The van der Waals surface area contributed by atoms with Crippen LogP contribution < -0.4 is 4.90 Å². The highest BCUT2D eigenvalue weighted by Gasteiger charge is 2.26. The van der Waals surface area contributed by atoms with E-state index in [1.54, 1.807) is 6.20 Å². The Morgan fingerprint density at radius 1 is 0.914 bits per heavy atom. The van der Waals surface area contributed by atoms with E-state index in [2.05, 4.69) is 19.5 Å². The minimum Gasteiger partial charge on any atom is -0.378 e. The van der Waals surface area contributed by atoms with E-state index in [1.165, 1.54) is 6.07 Å². The molecule has 8 nitrogen and oxygen atoms in total. The second kappa shape index (κ2) is 9.67. The summed E-state index contributed by atoms with van der Waals surface area (Å²) in [6, 6.07) is 13.6. The van der Waals surface area contributed by atoms with E-state index < -0.39 is 5.95 Å². The van der Waals surface area contributed by atoms with Gasteiger partial charge in [0.15, 0.2) is 11.5 Å². The molecule has 0 unspecified atom stereocenters. The second-order valence-electron chi connectivity index (χ2n) is 9.16. The number of fused-ring (bicyclic) bond motifs is 1. The summed E-state index contributed by atoms with van der Waals surface area (Å²) < 4.78 is 20.8. The van der Waals surface area contributed by atoms with Gasteiger partial charge >= 0.3 is 0 Å². The van der Waals surface area contributed by atoms with Crippen molar-refractivity contribution in [3.8, 4) is 11.4 Å². The largest absolute Gasteiger partial charge is 0.378 e. The van der Waals surface area contributed by atoms with Crippen molar-refractivity contribution in [2.75, 3.05) is 44.3 Å². The van der Waals surface area contributed by atoms with Crippen molar-refractivity contribution in [2.24, 2.45) is 0 Å². The molecule has 3 aromatic heterocycles. The highest BCUT2D eigenvalue weighted by Crippen LogP contribution is 2.32. The third-order valence-corrected chi connectivity index (χ3v) is 6.87. The molecule has 0 amide bonds. The zero-order valence-electron chi connectivity index (χ0n) is 19.6. The quantitative estimate of drug-likeness (QED) is 0.409. The van der Waals surface area contributed by atoms with E-state index >= 15 is 0 Å². The van der Waals surface area contributed by atoms with Crippen LogP contribution in [0.15, 0.2) is 54.9 Å². The molecule has 180 valence electrons. The Morgan fingerprint density at radius 2 is 1.71 bits per heavy atom. The highest BCUT2D eigenvalue weighted by molar-refractivity contribution is 5.89. The number of pyridine rings is 1. The van der Waals surface area contributed by atoms with Gasteiger partial charge < -0.3 is 9.64 Å². The Bertz CT molecular complexity index is 1280. The lowest BCUT2D eigenvalue weighted by molar-refractivity contribution is 0.122. The fraction of sp³-hybridized carbons (Fsp3) is 0.385. The molecule has 0 radical (unpaired) electrons. The number of nitrogens with zero attached hydrogens (tertiary/aromatic N) is 7. The number of piperidine rings is 1. The van der Waals surface area contributed by atoms with Crippen molar-refractivity contribution in [3.63, 3.8) is 0 Å². The van der Waals surface area contributed by atoms with Crippen LogP contribution in [0.4, 0.5) is 10.2 Å². The standard InChI is InChI=1S/C26H28FN7O/c27-23-7-6-19(16-28-23)18-32-10-8-21(9-11-32)34-26-22(17-29-34)25(33-12-14-35-15-13-33)30-24(31-26)20-4-2-1-3-5-20/h1-7,16-17,21H,8-15,18H2. The van der Waals surface area contributed by atoms with E-state index in [4.69, 9.17) is 19.8 Å². The fourth-order valence-corrected chi connectivity index (χ4v) is 4.99. The zero-order valence-corrected chi connectivity index (χ0v) is 19.6. The molecule has 2 aliphatic rings. The molecular weight excluding hydrogens is 445 g/mol. The molecule has 0 atom stereocenters. The number of likely N-dealkylation sites (tertiary alicyclic amines) is 1. The van der Waals surface area contributed by atoms with Gasteiger partial charge in [0.1, 0.15) is 5.82 Å². The number of hydrogen-bond acceptors (Lipinski definition) is 7. The fourth-order valence-electron chi connectivity index (χ4n) is 4.99. The number of anilines is 1. The first-order chi connectivity index (χ1) is 17.2. The minimum atomic E-state index is -0.439. The van der Waals surface area contributed by atoms with Crippen LogP contribution in [0.1, 0.15) is 24.4 Å². The van der Waals surface area contributed by atoms with Gasteiger partial charge in [0.2, 0.25) is 5.95 Å². The summed E-state index contributed by atoms with van der Waals surface area (Å²) in [6.07, 6.45) is 5.50. The van der Waals surface area contributed by atoms with Gasteiger partial charge in [-0.2, -0.15) is 9.49 Å². The molecule has 1 aromatic carbocycles. The number of ether oxygens (including phenoxy) is 1. The van der Waals surface area contributed by atoms with Gasteiger partial charge in [0.05, 0.1) is 30.8 Å². The van der Waals surface area contributed by atoms with Crippen molar-refractivity contribution >= 4 is 16.9 Å². The normalized spacial score (nSPS) is 17.8. The van der Waals surface area contributed by atoms with Crippen molar-refractivity contribution in [2.45, 2.75) is 25.4 Å². The maximum absolute atomic E-state index is 13.1. The number of morpholine rings is 1. The molecule has 4 aromatic rings. The second-order valence-corrected chi connectivity index (χ2v) is 9.16. The predicted octanol–water partition coefficient (Wildman–Crippen LogP) is 3.70. The molecule has 0 saturated carbocycles. The van der Waals surface area contributed by atoms with Crippen LogP contribution in [0, 0.1) is 5.95 Å². The van der Waals surface area contributed by atoms with E-state index in [-0.39, 0.29) is 6.04 Å². The van der Waals surface area contributed by atoms with Crippen molar-refractivity contribution < 1.29 is 9.13 Å². The third kappa shape index (κ3) is 4.61. The SMILES string of the molecule is Fc1ccc(CN2CCC(n3ncc4c(N5CCOCC5)nc(-c5ccccc5)nc43)CC2)cn1. The van der Waals surface area contributed by atoms with E-state index in [1.807, 2.05) is 42.6 Å². The summed E-state index contributed by atoms with van der Waals surface area (Å²) >= 11 is 0. The summed E-state index contributed by atoms with van der Waals surface area (Å²) in [7, 11) is 0. The van der Waals surface area contributed by atoms with Crippen molar-refractivity contribution in [3.05, 3.63) is 66.4 Å². The first kappa shape index (κ1) is 22.1. The number of rotatable bonds is 5. The lowest BCUT2D eigenvalue weighted by Crippen LogP contribution is -2.37. The van der Waals surface area contributed by atoms with Gasteiger partial charge in [-0.25, -0.2) is 19.6 Å². The summed E-state index contributed by atoms with van der Waals surface area (Å²) in [5.41, 5.74) is 2.92. The molecule has 0 N–H and O–H groups in total. The van der Waals surface area contributed by atoms with Gasteiger partial charge in [-0.05, 0) is 24.5 Å². The number of aromatic nitrogens is 5. The first-order valence-electron chi connectivity index (χ1n) is 12.2. The number of hydrogen-bond donors (Lipinski definition) is 0. The van der Waals surface area contributed by atoms with Gasteiger partial charge in [0.25, 0.3) is 0 Å². The van der Waals surface area contributed by atoms with Crippen LogP contribution >= 0.6 is 0 Å². The molecule has 35 heavy (non-hydrogen) atoms. The molecular formula is C26H28FN7O. The van der Waals surface area contributed by atoms with E-state index in [0.717, 1.165) is 79.4 Å². The Kier molecular flexibility index (Phi) is 6.10. The van der Waals surface area contributed by atoms with Gasteiger partial charge in [-0.15, -0.1) is 0 Å². The maximum Gasteiger partial charge on any atom is 0.212 e. The molecule has 2 saturated heterocycles. The van der Waals surface area contributed by atoms with Crippen molar-refractivity contribution in [1.29, 1.82) is 0 Å². The number of halogens is 1. The van der Waals surface area contributed by atoms with Crippen LogP contribution in [-0.2, 0) is 11.3 Å². The first-order valence-corrected chi connectivity index (χ1v) is 12.2. The highest BCUT2D eigenvalue weighted by atomic mass is 19.1. The Labute approximate surface area is 203 Å². The Hall–Kier alpha value is -3.43. The maximum atomic E-state index is 13.1. The molecule has 5 heterocycles. The van der Waals surface area contributed by atoms with Crippen LogP contribution in [0.5, 0.6) is 0 Å². The van der Waals surface area contributed by atoms with Crippen LogP contribution in [0.2, 0.25) is 0 Å². The zero-order chi connectivity index (χ0) is 23.6. The average molecular weight is 474 g/mol. The molecule has 0 spiro atoms. The van der Waals surface area contributed by atoms with Crippen LogP contribution in [0.25, 0.3) is 22.4 Å². The summed E-state index contributed by atoms with van der Waals surface area (Å²) in [5, 5.41) is 5.81. The van der Waals surface area contributed by atoms with E-state index in [0.29, 0.717) is 13.2 Å². The molecule has 0 aliphatic carbocycles. The van der Waals surface area contributed by atoms with Crippen LogP contribution in [-0.4, -0.2) is 69.0 Å². The Balaban J connectivity index is 1.28. The average Bonchev–Trinajstić information content (AvgIpc) is 3.35. The summed E-state index contributed by atoms with van der Waals surface area (Å²) in [5.74, 6) is 1.22. The topological polar surface area (TPSA) is 72.2 Å². The smallest absolute Gasteiger partial charge is 0.212 e. The summed E-state index contributed by atoms with van der Waals surface area (Å²) in [4.78, 5) is 18.4. The number of benzene rings is 1. The molecule has 2 aliphatic heterocycles. The lowest BCUT2D eigenvalue weighted by atomic mass is 10.0. The summed E-state index contributed by atoms with van der Waals surface area (Å²) in [6.45, 7) is 5.67. The van der Waals surface area contributed by atoms with Crippen LogP contribution in [0.3, 0.4) is 0 Å². The van der Waals surface area contributed by atoms with Gasteiger partial charge in [0, 0.05) is 44.5 Å². The Morgan fingerprint density at radius 3 is 2.46 bits per heavy atom. The lowest BCUT2D eigenvalue weighted by Gasteiger charge is -2.32. The monoisotopic (exact) mass is 473 g/mol. The molecule has 0 bridgehead atoms. The molecule has 6 rings (SSSR count). The minimum absolute atomic E-state index is 0.270. The van der Waals surface area contributed by atoms with Gasteiger partial charge in [-0.3, -0.25) is 4.90 Å². The third-order valence-electron chi connectivity index (χ3n) is 6.87. The van der Waals surface area contributed by atoms with Crippen molar-refractivity contribution in [1.82, 2.24) is 29.6 Å². The molecule has 2 fully saturated rings. The van der Waals surface area contributed by atoms with E-state index in [9.17, 15) is 4.39 Å². The molecule has 9 heteroatoms. The predicted molar refractivity (Wildman–Crippen MR) is 132 cm³/mol.